The first-order valence-electron chi connectivity index (χ1n) is 8.59. The van der Waals surface area contributed by atoms with Crippen LogP contribution < -0.4 is 0 Å². The molecule has 1 N–H and O–H groups in total. The molecule has 6 heteroatoms. The summed E-state index contributed by atoms with van der Waals surface area (Å²) >= 11 is 0. The van der Waals surface area contributed by atoms with Crippen molar-refractivity contribution in [3.8, 4) is 0 Å². The number of nitrogens with zero attached hydrogens (tertiary/aromatic N) is 1. The number of Topliss-reactive ketones (excluding diaryl/α,β-unsaturated/α-hetero) is 1. The van der Waals surface area contributed by atoms with Crippen molar-refractivity contribution in [2.75, 3.05) is 7.05 Å². The zero-order chi connectivity index (χ0) is 18.8. The zero-order valence-electron chi connectivity index (χ0n) is 14.8. The van der Waals surface area contributed by atoms with Gasteiger partial charge in [0.25, 0.3) is 5.91 Å². The fraction of sp³-hybridized carbons (Fsp3) is 0.350. The van der Waals surface area contributed by atoms with Crippen LogP contribution in [0.3, 0.4) is 0 Å². The average Bonchev–Trinajstić information content (AvgIpc) is 2.97. The maximum absolute atomic E-state index is 12.9. The van der Waals surface area contributed by atoms with Gasteiger partial charge >= 0.3 is 5.97 Å². The number of amides is 1. The van der Waals surface area contributed by atoms with E-state index in [2.05, 4.69) is 0 Å². The van der Waals surface area contributed by atoms with Crippen LogP contribution in [-0.4, -0.2) is 40.8 Å². The second kappa shape index (κ2) is 7.15. The minimum Gasteiger partial charge on any atom is -0.480 e. The van der Waals surface area contributed by atoms with Crippen molar-refractivity contribution in [3.05, 3.63) is 58.5 Å². The Morgan fingerprint density at radius 3 is 2.54 bits per heavy atom. The molecular weight excluding hydrogens is 334 g/mol. The smallest absolute Gasteiger partial charge is 0.326 e. The summed E-state index contributed by atoms with van der Waals surface area (Å²) in [4.78, 5) is 37.9. The molecule has 26 heavy (non-hydrogen) atoms. The van der Waals surface area contributed by atoms with Gasteiger partial charge in [-0.15, -0.1) is 0 Å². The molecule has 1 aromatic carbocycles. The minimum absolute atomic E-state index is 0.0201. The van der Waals surface area contributed by atoms with Crippen LogP contribution in [0.5, 0.6) is 0 Å². The third-order valence-electron chi connectivity index (χ3n) is 4.85. The van der Waals surface area contributed by atoms with Gasteiger partial charge in [0.1, 0.15) is 11.8 Å². The number of hydrogen-bond acceptors (Lipinski definition) is 4. The number of carboxylic acid groups (broad SMARTS) is 1. The van der Waals surface area contributed by atoms with Crippen molar-refractivity contribution in [1.82, 2.24) is 4.90 Å². The van der Waals surface area contributed by atoms with Gasteiger partial charge in [-0.3, -0.25) is 9.59 Å². The first-order valence-corrected chi connectivity index (χ1v) is 8.59. The van der Waals surface area contributed by atoms with Gasteiger partial charge in [0.05, 0.1) is 5.56 Å². The summed E-state index contributed by atoms with van der Waals surface area (Å²) in [7, 11) is 1.45. The van der Waals surface area contributed by atoms with Crippen molar-refractivity contribution in [2.45, 2.75) is 38.6 Å². The molecule has 0 saturated carbocycles. The molecule has 1 unspecified atom stereocenters. The quantitative estimate of drug-likeness (QED) is 0.891. The van der Waals surface area contributed by atoms with E-state index in [0.29, 0.717) is 36.1 Å². The number of aryl methyl sites for hydroxylation is 1. The van der Waals surface area contributed by atoms with E-state index in [1.165, 1.54) is 11.9 Å². The Kier molecular flexibility index (Phi) is 4.93. The predicted molar refractivity (Wildman–Crippen MR) is 94.4 cm³/mol. The van der Waals surface area contributed by atoms with Crippen molar-refractivity contribution >= 4 is 17.7 Å². The van der Waals surface area contributed by atoms with E-state index >= 15 is 0 Å². The van der Waals surface area contributed by atoms with E-state index < -0.39 is 17.9 Å². The third-order valence-corrected chi connectivity index (χ3v) is 4.85. The molecule has 1 heterocycles. The molecule has 0 bridgehead atoms. The number of fused-ring (bicyclic) bond motifs is 1. The van der Waals surface area contributed by atoms with Crippen LogP contribution in [0.4, 0.5) is 0 Å². The molecule has 2 aromatic rings. The number of carbonyl (C=O) groups is 3. The number of likely N-dealkylation sites (N-methyl/N-ethyl adjacent to an activating group) is 1. The van der Waals surface area contributed by atoms with Crippen LogP contribution in [0.2, 0.25) is 0 Å². The van der Waals surface area contributed by atoms with Gasteiger partial charge in [-0.2, -0.15) is 0 Å². The topological polar surface area (TPSA) is 87.8 Å². The van der Waals surface area contributed by atoms with E-state index in [1.807, 2.05) is 30.3 Å². The fourth-order valence-electron chi connectivity index (χ4n) is 3.38. The Balaban J connectivity index is 1.88. The van der Waals surface area contributed by atoms with Crippen LogP contribution in [0.15, 0.2) is 34.7 Å². The highest BCUT2D eigenvalue weighted by Crippen LogP contribution is 2.30. The minimum atomic E-state index is -1.09. The molecule has 0 radical (unpaired) electrons. The van der Waals surface area contributed by atoms with Crippen LogP contribution >= 0.6 is 0 Å². The number of carbonyl (C=O) groups excluding carboxylic acids is 2. The van der Waals surface area contributed by atoms with E-state index in [1.54, 1.807) is 6.92 Å². The monoisotopic (exact) mass is 355 g/mol. The highest BCUT2D eigenvalue weighted by molar-refractivity contribution is 6.03. The summed E-state index contributed by atoms with van der Waals surface area (Å²) in [5.74, 6) is -1.03. The molecule has 0 aliphatic heterocycles. The Morgan fingerprint density at radius 2 is 1.92 bits per heavy atom. The molecule has 0 fully saturated rings. The molecule has 0 spiro atoms. The maximum atomic E-state index is 12.9. The number of benzene rings is 1. The lowest BCUT2D eigenvalue weighted by Crippen LogP contribution is -2.44. The number of furan rings is 1. The summed E-state index contributed by atoms with van der Waals surface area (Å²) in [6.45, 7) is 1.68. The summed E-state index contributed by atoms with van der Waals surface area (Å²) in [5, 5.41) is 9.60. The summed E-state index contributed by atoms with van der Waals surface area (Å²) in [6, 6.07) is 8.12. The highest BCUT2D eigenvalue weighted by Gasteiger charge is 2.34. The normalized spacial score (nSPS) is 14.6. The van der Waals surface area contributed by atoms with Gasteiger partial charge in [-0.25, -0.2) is 4.79 Å². The molecule has 1 aliphatic carbocycles. The first kappa shape index (κ1) is 17.9. The van der Waals surface area contributed by atoms with Crippen molar-refractivity contribution in [2.24, 2.45) is 0 Å². The molecule has 136 valence electrons. The van der Waals surface area contributed by atoms with Gasteiger partial charge in [-0.05, 0) is 18.9 Å². The zero-order valence-corrected chi connectivity index (χ0v) is 14.8. The Hall–Kier alpha value is -2.89. The second-order valence-electron chi connectivity index (χ2n) is 6.59. The molecule has 3 rings (SSSR count). The molecule has 1 atom stereocenters. The van der Waals surface area contributed by atoms with E-state index in [0.717, 1.165) is 5.56 Å². The van der Waals surface area contributed by atoms with Crippen molar-refractivity contribution < 1.29 is 23.9 Å². The molecular formula is C20H21NO5. The summed E-state index contributed by atoms with van der Waals surface area (Å²) < 4.78 is 5.67. The molecule has 6 nitrogen and oxygen atoms in total. The number of rotatable bonds is 5. The standard InChI is InChI=1S/C20H21NO5/c1-12-17-15(22)9-6-10-16(17)26-18(12)19(23)21(2)14(20(24)25)11-13-7-4-3-5-8-13/h3-5,7-8,14H,6,9-11H2,1-2H3,(H,24,25). The van der Waals surface area contributed by atoms with Gasteiger partial charge in [-0.1, -0.05) is 30.3 Å². The molecule has 1 amide bonds. The highest BCUT2D eigenvalue weighted by atomic mass is 16.4. The number of ketones is 1. The number of aliphatic carboxylic acids is 1. The number of hydrogen-bond donors (Lipinski definition) is 1. The largest absolute Gasteiger partial charge is 0.480 e. The number of carboxylic acids is 1. The van der Waals surface area contributed by atoms with Gasteiger partial charge in [0.2, 0.25) is 0 Å². The Morgan fingerprint density at radius 1 is 1.23 bits per heavy atom. The SMILES string of the molecule is Cc1c(C(=O)N(C)C(Cc2ccccc2)C(=O)O)oc2c1C(=O)CCC2. The molecule has 1 aromatic heterocycles. The van der Waals surface area contributed by atoms with E-state index in [9.17, 15) is 19.5 Å². The maximum Gasteiger partial charge on any atom is 0.326 e. The molecule has 0 saturated heterocycles. The van der Waals surface area contributed by atoms with Gasteiger partial charge in [0, 0.05) is 31.9 Å². The first-order chi connectivity index (χ1) is 12.4. The van der Waals surface area contributed by atoms with Crippen molar-refractivity contribution in [3.63, 3.8) is 0 Å². The summed E-state index contributed by atoms with van der Waals surface area (Å²) in [6.07, 6.45) is 1.96. The van der Waals surface area contributed by atoms with E-state index in [-0.39, 0.29) is 18.0 Å². The van der Waals surface area contributed by atoms with Crippen LogP contribution in [0.1, 0.15) is 50.6 Å². The second-order valence-corrected chi connectivity index (χ2v) is 6.59. The predicted octanol–water partition coefficient (Wildman–Crippen LogP) is 2.87. The Bertz CT molecular complexity index is 853. The van der Waals surface area contributed by atoms with Crippen LogP contribution in [0, 0.1) is 6.92 Å². The van der Waals surface area contributed by atoms with Crippen LogP contribution in [-0.2, 0) is 17.6 Å². The van der Waals surface area contributed by atoms with Gasteiger partial charge in [0.15, 0.2) is 11.5 Å². The van der Waals surface area contributed by atoms with Gasteiger partial charge < -0.3 is 14.4 Å². The lowest BCUT2D eigenvalue weighted by atomic mass is 9.94. The molecule has 1 aliphatic rings. The van der Waals surface area contributed by atoms with Crippen molar-refractivity contribution in [1.29, 1.82) is 0 Å². The van der Waals surface area contributed by atoms with Crippen LogP contribution in [0.25, 0.3) is 0 Å². The lowest BCUT2D eigenvalue weighted by Gasteiger charge is -2.24. The fourth-order valence-corrected chi connectivity index (χ4v) is 3.38. The van der Waals surface area contributed by atoms with E-state index in [4.69, 9.17) is 4.42 Å². The summed E-state index contributed by atoms with van der Waals surface area (Å²) in [5.41, 5.74) is 1.82. The average molecular weight is 355 g/mol. The Labute approximate surface area is 151 Å². The lowest BCUT2D eigenvalue weighted by molar-refractivity contribution is -0.141. The third kappa shape index (κ3) is 3.27.